The van der Waals surface area contributed by atoms with Gasteiger partial charge in [-0.05, 0) is 52.1 Å². The van der Waals surface area contributed by atoms with Gasteiger partial charge in [-0.3, -0.25) is 4.90 Å². The molecule has 0 aromatic rings. The summed E-state index contributed by atoms with van der Waals surface area (Å²) in [5.41, 5.74) is 0. The lowest BCUT2D eigenvalue weighted by atomic mass is 9.83. The zero-order valence-electron chi connectivity index (χ0n) is 11.6. The minimum atomic E-state index is -0.159. The van der Waals surface area contributed by atoms with Crippen LogP contribution in [0, 0.1) is 5.92 Å². The molecule has 0 aliphatic carbocycles. The highest BCUT2D eigenvalue weighted by Crippen LogP contribution is 2.30. The summed E-state index contributed by atoms with van der Waals surface area (Å²) in [6, 6.07) is 1.12. The predicted molar refractivity (Wildman–Crippen MR) is 71.1 cm³/mol. The summed E-state index contributed by atoms with van der Waals surface area (Å²) in [5.74, 6) is 0.828. The van der Waals surface area contributed by atoms with Gasteiger partial charge in [-0.2, -0.15) is 0 Å². The lowest BCUT2D eigenvalue weighted by Gasteiger charge is -2.48. The van der Waals surface area contributed by atoms with Crippen LogP contribution in [0.25, 0.3) is 0 Å². The first-order valence-corrected chi connectivity index (χ1v) is 7.25. The molecule has 0 aromatic carbocycles. The average Bonchev–Trinajstić information content (AvgIpc) is 2.37. The minimum Gasteiger partial charge on any atom is -0.392 e. The number of fused-ring (bicyclic) bond motifs is 1. The van der Waals surface area contributed by atoms with Crippen LogP contribution in [0.5, 0.6) is 0 Å². The third-order valence-corrected chi connectivity index (χ3v) is 4.93. The molecule has 1 N–H and O–H groups in total. The van der Waals surface area contributed by atoms with E-state index in [1.54, 1.807) is 0 Å². The van der Waals surface area contributed by atoms with Gasteiger partial charge < -0.3 is 10.0 Å². The summed E-state index contributed by atoms with van der Waals surface area (Å²) in [5, 5.41) is 9.97. The Morgan fingerprint density at radius 2 is 2.06 bits per heavy atom. The lowest BCUT2D eigenvalue weighted by Crippen LogP contribution is -2.56. The van der Waals surface area contributed by atoms with E-state index in [1.165, 1.54) is 32.4 Å². The van der Waals surface area contributed by atoms with Crippen LogP contribution in [0.2, 0.25) is 0 Å². The lowest BCUT2D eigenvalue weighted by molar-refractivity contribution is -0.0121. The van der Waals surface area contributed by atoms with Gasteiger partial charge in [0.1, 0.15) is 0 Å². The van der Waals surface area contributed by atoms with Crippen molar-refractivity contribution in [2.75, 3.05) is 26.7 Å². The van der Waals surface area contributed by atoms with Crippen molar-refractivity contribution >= 4 is 0 Å². The van der Waals surface area contributed by atoms with Crippen LogP contribution in [0.4, 0.5) is 0 Å². The Morgan fingerprint density at radius 1 is 1.29 bits per heavy atom. The SMILES string of the molecule is CCC(O)C(C)N1CCC2C(CCCN2C)C1. The Morgan fingerprint density at radius 3 is 2.76 bits per heavy atom. The zero-order chi connectivity index (χ0) is 12.4. The highest BCUT2D eigenvalue weighted by Gasteiger charge is 2.36. The first kappa shape index (κ1) is 13.3. The first-order chi connectivity index (χ1) is 8.13. The van der Waals surface area contributed by atoms with Gasteiger partial charge in [0.2, 0.25) is 0 Å². The molecule has 0 saturated carbocycles. The molecule has 2 rings (SSSR count). The van der Waals surface area contributed by atoms with E-state index in [0.717, 1.165) is 24.9 Å². The fourth-order valence-corrected chi connectivity index (χ4v) is 3.63. The van der Waals surface area contributed by atoms with Crippen LogP contribution in [0.15, 0.2) is 0 Å². The predicted octanol–water partition coefficient (Wildman–Crippen LogP) is 1.56. The molecule has 0 aromatic heterocycles. The number of aliphatic hydroxyl groups is 1. The summed E-state index contributed by atoms with van der Waals surface area (Å²) >= 11 is 0. The van der Waals surface area contributed by atoms with Crippen LogP contribution in [0.1, 0.15) is 39.5 Å². The van der Waals surface area contributed by atoms with Crippen molar-refractivity contribution in [1.29, 1.82) is 0 Å². The number of likely N-dealkylation sites (tertiary alicyclic amines) is 2. The zero-order valence-corrected chi connectivity index (χ0v) is 11.6. The summed E-state index contributed by atoms with van der Waals surface area (Å²) in [7, 11) is 2.27. The molecular weight excluding hydrogens is 212 g/mol. The van der Waals surface area contributed by atoms with E-state index < -0.39 is 0 Å². The van der Waals surface area contributed by atoms with E-state index in [-0.39, 0.29) is 6.10 Å². The molecule has 2 fully saturated rings. The molecule has 0 radical (unpaired) electrons. The third-order valence-electron chi connectivity index (χ3n) is 4.93. The van der Waals surface area contributed by atoms with Gasteiger partial charge in [0.05, 0.1) is 6.10 Å². The largest absolute Gasteiger partial charge is 0.392 e. The van der Waals surface area contributed by atoms with E-state index in [2.05, 4.69) is 30.7 Å². The van der Waals surface area contributed by atoms with Crippen molar-refractivity contribution in [2.45, 2.75) is 57.7 Å². The molecule has 2 heterocycles. The summed E-state index contributed by atoms with van der Waals surface area (Å²) in [6.07, 6.45) is 4.71. The van der Waals surface area contributed by atoms with Crippen molar-refractivity contribution in [2.24, 2.45) is 5.92 Å². The molecule has 0 bridgehead atoms. The Bertz CT molecular complexity index is 246. The van der Waals surface area contributed by atoms with E-state index >= 15 is 0 Å². The normalized spacial score (nSPS) is 35.3. The standard InChI is InChI=1S/C14H28N2O/c1-4-14(17)11(2)16-9-7-13-12(10-16)6-5-8-15(13)3/h11-14,17H,4-10H2,1-3H3. The molecule has 0 amide bonds. The van der Waals surface area contributed by atoms with Crippen LogP contribution in [-0.2, 0) is 0 Å². The van der Waals surface area contributed by atoms with Crippen molar-refractivity contribution < 1.29 is 5.11 Å². The minimum absolute atomic E-state index is 0.159. The van der Waals surface area contributed by atoms with Crippen molar-refractivity contribution in [1.82, 2.24) is 9.80 Å². The van der Waals surface area contributed by atoms with Crippen molar-refractivity contribution in [3.8, 4) is 0 Å². The maximum Gasteiger partial charge on any atom is 0.0690 e. The van der Waals surface area contributed by atoms with Gasteiger partial charge in [0.15, 0.2) is 0 Å². The van der Waals surface area contributed by atoms with E-state index in [9.17, 15) is 5.11 Å². The number of rotatable bonds is 3. The number of hydrogen-bond donors (Lipinski definition) is 1. The van der Waals surface area contributed by atoms with Crippen molar-refractivity contribution in [3.05, 3.63) is 0 Å². The van der Waals surface area contributed by atoms with Gasteiger partial charge in [0, 0.05) is 25.2 Å². The first-order valence-electron chi connectivity index (χ1n) is 7.25. The topological polar surface area (TPSA) is 26.7 Å². The summed E-state index contributed by atoms with van der Waals surface area (Å²) in [4.78, 5) is 5.06. The monoisotopic (exact) mass is 240 g/mol. The Kier molecular flexibility index (Phi) is 4.45. The van der Waals surface area contributed by atoms with Gasteiger partial charge in [-0.15, -0.1) is 0 Å². The number of aliphatic hydroxyl groups excluding tert-OH is 1. The number of nitrogens with zero attached hydrogens (tertiary/aromatic N) is 2. The van der Waals surface area contributed by atoms with Gasteiger partial charge in [-0.1, -0.05) is 6.92 Å². The van der Waals surface area contributed by atoms with E-state index in [4.69, 9.17) is 0 Å². The van der Waals surface area contributed by atoms with Crippen LogP contribution in [-0.4, -0.2) is 59.8 Å². The van der Waals surface area contributed by atoms with Gasteiger partial charge in [-0.25, -0.2) is 0 Å². The fourth-order valence-electron chi connectivity index (χ4n) is 3.63. The van der Waals surface area contributed by atoms with E-state index in [0.29, 0.717) is 6.04 Å². The van der Waals surface area contributed by atoms with Crippen LogP contribution >= 0.6 is 0 Å². The maximum absolute atomic E-state index is 9.97. The highest BCUT2D eigenvalue weighted by molar-refractivity contribution is 4.91. The second kappa shape index (κ2) is 5.68. The Hall–Kier alpha value is -0.120. The molecule has 0 spiro atoms. The molecule has 3 heteroatoms. The molecule has 17 heavy (non-hydrogen) atoms. The molecular formula is C14H28N2O. The van der Waals surface area contributed by atoms with Gasteiger partial charge >= 0.3 is 0 Å². The van der Waals surface area contributed by atoms with Gasteiger partial charge in [0.25, 0.3) is 0 Å². The van der Waals surface area contributed by atoms with Crippen LogP contribution in [0.3, 0.4) is 0 Å². The second-order valence-electron chi connectivity index (χ2n) is 5.95. The summed E-state index contributed by atoms with van der Waals surface area (Å²) < 4.78 is 0. The Balaban J connectivity index is 1.93. The molecule has 3 nitrogen and oxygen atoms in total. The summed E-state index contributed by atoms with van der Waals surface area (Å²) in [6.45, 7) is 7.87. The van der Waals surface area contributed by atoms with E-state index in [1.807, 2.05) is 0 Å². The Labute approximate surface area is 106 Å². The van der Waals surface area contributed by atoms with Crippen LogP contribution < -0.4 is 0 Å². The third kappa shape index (κ3) is 2.83. The molecule has 2 saturated heterocycles. The number of hydrogen-bond acceptors (Lipinski definition) is 3. The molecule has 4 unspecified atom stereocenters. The molecule has 4 atom stereocenters. The second-order valence-corrected chi connectivity index (χ2v) is 5.95. The quantitative estimate of drug-likeness (QED) is 0.811. The molecule has 2 aliphatic heterocycles. The maximum atomic E-state index is 9.97. The average molecular weight is 240 g/mol. The highest BCUT2D eigenvalue weighted by atomic mass is 16.3. The smallest absolute Gasteiger partial charge is 0.0690 e. The molecule has 2 aliphatic rings. The fraction of sp³-hybridized carbons (Fsp3) is 1.00. The molecule has 100 valence electrons. The van der Waals surface area contributed by atoms with Crippen molar-refractivity contribution in [3.63, 3.8) is 0 Å². The number of piperidine rings is 2.